The van der Waals surface area contributed by atoms with Crippen molar-refractivity contribution >= 4 is 16.5 Å². The highest BCUT2D eigenvalue weighted by molar-refractivity contribution is 7.13. The predicted molar refractivity (Wildman–Crippen MR) is 96.4 cm³/mol. The lowest BCUT2D eigenvalue weighted by Gasteiger charge is -2.32. The van der Waals surface area contributed by atoms with E-state index in [2.05, 4.69) is 42.0 Å². The Labute approximate surface area is 147 Å². The van der Waals surface area contributed by atoms with E-state index in [0.29, 0.717) is 5.92 Å². The van der Waals surface area contributed by atoms with Gasteiger partial charge in [0.05, 0.1) is 6.54 Å². The van der Waals surface area contributed by atoms with Crippen LogP contribution in [0.1, 0.15) is 49.7 Å². The SMILES string of the molecule is Cn1c(CN2CCCCC2)nnc1C1CCCN(c2nccs2)C1. The normalized spacial score (nSPS) is 22.9. The average Bonchev–Trinajstić information content (AvgIpc) is 3.27. The predicted octanol–water partition coefficient (Wildman–Crippen LogP) is 2.64. The molecule has 0 saturated carbocycles. The molecule has 6 nitrogen and oxygen atoms in total. The molecule has 0 radical (unpaired) electrons. The van der Waals surface area contributed by atoms with E-state index in [1.165, 1.54) is 45.2 Å². The van der Waals surface area contributed by atoms with Gasteiger partial charge in [-0.15, -0.1) is 21.5 Å². The highest BCUT2D eigenvalue weighted by Gasteiger charge is 2.27. The summed E-state index contributed by atoms with van der Waals surface area (Å²) in [5, 5.41) is 12.3. The quantitative estimate of drug-likeness (QED) is 0.852. The van der Waals surface area contributed by atoms with E-state index in [-0.39, 0.29) is 0 Å². The summed E-state index contributed by atoms with van der Waals surface area (Å²) in [6, 6.07) is 0. The number of thiazole rings is 1. The number of hydrogen-bond acceptors (Lipinski definition) is 6. The third-order valence-corrected chi connectivity index (χ3v) is 6.12. The average molecular weight is 347 g/mol. The van der Waals surface area contributed by atoms with E-state index in [1.54, 1.807) is 11.3 Å². The lowest BCUT2D eigenvalue weighted by molar-refractivity contribution is 0.213. The van der Waals surface area contributed by atoms with Gasteiger partial charge in [-0.3, -0.25) is 4.90 Å². The second kappa shape index (κ2) is 7.19. The first-order valence-corrected chi connectivity index (χ1v) is 9.94. The van der Waals surface area contributed by atoms with Crippen molar-refractivity contribution in [1.82, 2.24) is 24.6 Å². The van der Waals surface area contributed by atoms with Crippen LogP contribution in [0.4, 0.5) is 5.13 Å². The van der Waals surface area contributed by atoms with E-state index >= 15 is 0 Å². The number of nitrogens with zero attached hydrogens (tertiary/aromatic N) is 6. The van der Waals surface area contributed by atoms with Gasteiger partial charge in [-0.2, -0.15) is 0 Å². The second-order valence-electron chi connectivity index (χ2n) is 6.97. The molecular formula is C17H26N6S. The van der Waals surface area contributed by atoms with Crippen LogP contribution in [0.25, 0.3) is 0 Å². The van der Waals surface area contributed by atoms with E-state index in [1.807, 2.05) is 6.20 Å². The first-order valence-electron chi connectivity index (χ1n) is 9.06. The third-order valence-electron chi connectivity index (χ3n) is 5.29. The van der Waals surface area contributed by atoms with Gasteiger partial charge < -0.3 is 9.47 Å². The molecule has 0 N–H and O–H groups in total. The van der Waals surface area contributed by atoms with Gasteiger partial charge in [0.25, 0.3) is 0 Å². The highest BCUT2D eigenvalue weighted by Crippen LogP contribution is 2.30. The van der Waals surface area contributed by atoms with Crippen LogP contribution < -0.4 is 4.90 Å². The zero-order valence-corrected chi connectivity index (χ0v) is 15.2. The number of anilines is 1. The minimum atomic E-state index is 0.454. The largest absolute Gasteiger partial charge is 0.347 e. The molecule has 2 aliphatic rings. The van der Waals surface area contributed by atoms with Crippen LogP contribution in [0, 0.1) is 0 Å². The summed E-state index contributed by atoms with van der Waals surface area (Å²) in [4.78, 5) is 9.38. The van der Waals surface area contributed by atoms with Gasteiger partial charge in [-0.1, -0.05) is 6.42 Å². The summed E-state index contributed by atoms with van der Waals surface area (Å²) in [7, 11) is 2.14. The molecule has 7 heteroatoms. The lowest BCUT2D eigenvalue weighted by Crippen LogP contribution is -2.35. The van der Waals surface area contributed by atoms with Gasteiger partial charge in [0.1, 0.15) is 11.6 Å². The van der Waals surface area contributed by atoms with Crippen molar-refractivity contribution in [2.75, 3.05) is 31.1 Å². The fourth-order valence-electron chi connectivity index (χ4n) is 3.92. The zero-order valence-electron chi connectivity index (χ0n) is 14.4. The molecule has 1 unspecified atom stereocenters. The Hall–Kier alpha value is -1.47. The van der Waals surface area contributed by atoms with E-state index in [9.17, 15) is 0 Å². The van der Waals surface area contributed by atoms with Gasteiger partial charge in [-0.25, -0.2) is 4.98 Å². The van der Waals surface area contributed by atoms with E-state index < -0.39 is 0 Å². The summed E-state index contributed by atoms with van der Waals surface area (Å²) in [5.41, 5.74) is 0. The van der Waals surface area contributed by atoms with Gasteiger partial charge in [0, 0.05) is 37.6 Å². The summed E-state index contributed by atoms with van der Waals surface area (Å²) >= 11 is 1.72. The Morgan fingerprint density at radius 2 is 2.00 bits per heavy atom. The zero-order chi connectivity index (χ0) is 16.4. The molecule has 2 aromatic rings. The Morgan fingerprint density at radius 3 is 2.79 bits per heavy atom. The van der Waals surface area contributed by atoms with Crippen molar-refractivity contribution in [1.29, 1.82) is 0 Å². The minimum absolute atomic E-state index is 0.454. The topological polar surface area (TPSA) is 50.1 Å². The molecule has 1 atom stereocenters. The minimum Gasteiger partial charge on any atom is -0.347 e. The Morgan fingerprint density at radius 1 is 1.12 bits per heavy atom. The summed E-state index contributed by atoms with van der Waals surface area (Å²) < 4.78 is 2.24. The maximum Gasteiger partial charge on any atom is 0.185 e. The summed E-state index contributed by atoms with van der Waals surface area (Å²) in [6.07, 6.45) is 8.28. The number of likely N-dealkylation sites (tertiary alicyclic amines) is 1. The fraction of sp³-hybridized carbons (Fsp3) is 0.706. The first-order chi connectivity index (χ1) is 11.8. The fourth-order valence-corrected chi connectivity index (χ4v) is 4.60. The molecule has 2 aliphatic heterocycles. The molecule has 2 aromatic heterocycles. The van der Waals surface area contributed by atoms with Gasteiger partial charge in [0.15, 0.2) is 5.13 Å². The van der Waals surface area contributed by atoms with Crippen molar-refractivity contribution < 1.29 is 0 Å². The van der Waals surface area contributed by atoms with Crippen molar-refractivity contribution in [3.63, 3.8) is 0 Å². The van der Waals surface area contributed by atoms with Crippen molar-refractivity contribution in [3.05, 3.63) is 23.2 Å². The van der Waals surface area contributed by atoms with Gasteiger partial charge in [0.2, 0.25) is 0 Å². The molecule has 2 fully saturated rings. The number of piperidine rings is 2. The van der Waals surface area contributed by atoms with Crippen molar-refractivity contribution in [2.24, 2.45) is 7.05 Å². The number of hydrogen-bond donors (Lipinski definition) is 0. The lowest BCUT2D eigenvalue weighted by atomic mass is 9.97. The van der Waals surface area contributed by atoms with E-state index in [4.69, 9.17) is 0 Å². The number of rotatable bonds is 4. The maximum absolute atomic E-state index is 4.56. The van der Waals surface area contributed by atoms with E-state index in [0.717, 1.165) is 36.4 Å². The van der Waals surface area contributed by atoms with Crippen LogP contribution in [0.2, 0.25) is 0 Å². The monoisotopic (exact) mass is 346 g/mol. The summed E-state index contributed by atoms with van der Waals surface area (Å²) in [6.45, 7) is 5.44. The molecule has 0 spiro atoms. The molecule has 0 amide bonds. The third kappa shape index (κ3) is 3.32. The number of aromatic nitrogens is 4. The Balaban J connectivity index is 1.45. The molecule has 0 aromatic carbocycles. The molecule has 24 heavy (non-hydrogen) atoms. The molecular weight excluding hydrogens is 320 g/mol. The van der Waals surface area contributed by atoms with Crippen LogP contribution in [-0.4, -0.2) is 50.8 Å². The summed E-state index contributed by atoms with van der Waals surface area (Å²) in [5.74, 6) is 2.71. The maximum atomic E-state index is 4.56. The van der Waals surface area contributed by atoms with Crippen LogP contribution in [0.15, 0.2) is 11.6 Å². The van der Waals surface area contributed by atoms with Crippen molar-refractivity contribution in [2.45, 2.75) is 44.6 Å². The van der Waals surface area contributed by atoms with Crippen LogP contribution >= 0.6 is 11.3 Å². The van der Waals surface area contributed by atoms with Crippen molar-refractivity contribution in [3.8, 4) is 0 Å². The van der Waals surface area contributed by atoms with Crippen LogP contribution in [0.3, 0.4) is 0 Å². The van der Waals surface area contributed by atoms with Crippen LogP contribution in [-0.2, 0) is 13.6 Å². The smallest absolute Gasteiger partial charge is 0.185 e. The first kappa shape index (κ1) is 16.0. The Kier molecular flexibility index (Phi) is 4.80. The van der Waals surface area contributed by atoms with Gasteiger partial charge >= 0.3 is 0 Å². The molecule has 0 bridgehead atoms. The molecule has 0 aliphatic carbocycles. The Bertz CT molecular complexity index is 646. The molecule has 2 saturated heterocycles. The van der Waals surface area contributed by atoms with Gasteiger partial charge in [-0.05, 0) is 38.8 Å². The second-order valence-corrected chi connectivity index (χ2v) is 7.84. The standard InChI is InChI=1S/C17H26N6S/c1-21-15(13-22-8-3-2-4-9-22)19-20-16(21)14-6-5-10-23(12-14)17-18-7-11-24-17/h7,11,14H,2-6,8-10,12-13H2,1H3. The molecule has 130 valence electrons. The highest BCUT2D eigenvalue weighted by atomic mass is 32.1. The van der Waals surface area contributed by atoms with Crippen LogP contribution in [0.5, 0.6) is 0 Å². The molecule has 4 heterocycles. The molecule has 4 rings (SSSR count).